The van der Waals surface area contributed by atoms with Crippen molar-refractivity contribution in [3.05, 3.63) is 77.5 Å². The Morgan fingerprint density at radius 3 is 2.80 bits per heavy atom. The first-order valence-corrected chi connectivity index (χ1v) is 10.8. The van der Waals surface area contributed by atoms with Crippen LogP contribution in [0.25, 0.3) is 0 Å². The van der Waals surface area contributed by atoms with Crippen LogP contribution in [0.5, 0.6) is 0 Å². The number of aromatic nitrogens is 1. The number of nitrogens with zero attached hydrogens (tertiary/aromatic N) is 2. The van der Waals surface area contributed by atoms with Crippen molar-refractivity contribution in [1.29, 1.82) is 0 Å². The fourth-order valence-electron chi connectivity index (χ4n) is 3.46. The predicted octanol–water partition coefficient (Wildman–Crippen LogP) is 5.23. The van der Waals surface area contributed by atoms with Gasteiger partial charge in [-0.25, -0.2) is 4.98 Å². The van der Waals surface area contributed by atoms with Crippen molar-refractivity contribution in [2.24, 2.45) is 0 Å². The Labute approximate surface area is 180 Å². The standard InChI is InChI=1S/C24H23N3O2S/c1-16-11-12-17(2)19(15-16)26-22(28)10-6-14-27-20-8-5-13-25-23(20)30-21-9-4-3-7-18(21)24(27)29/h3-5,7-9,11-13,15H,6,10,14H2,1-2H3,(H,26,28). The summed E-state index contributed by atoms with van der Waals surface area (Å²) in [6.45, 7) is 4.43. The summed E-state index contributed by atoms with van der Waals surface area (Å²) in [5.41, 5.74) is 4.43. The molecule has 1 aromatic heterocycles. The Morgan fingerprint density at radius 1 is 1.10 bits per heavy atom. The van der Waals surface area contributed by atoms with Gasteiger partial charge in [0.2, 0.25) is 5.91 Å². The summed E-state index contributed by atoms with van der Waals surface area (Å²) in [6.07, 6.45) is 2.63. The van der Waals surface area contributed by atoms with Gasteiger partial charge in [-0.15, -0.1) is 0 Å². The molecule has 4 rings (SSSR count). The number of rotatable bonds is 5. The maximum absolute atomic E-state index is 13.2. The number of anilines is 2. The molecule has 30 heavy (non-hydrogen) atoms. The first kappa shape index (κ1) is 20.2. The number of amides is 2. The lowest BCUT2D eigenvalue weighted by atomic mass is 10.1. The Morgan fingerprint density at radius 2 is 1.93 bits per heavy atom. The predicted molar refractivity (Wildman–Crippen MR) is 120 cm³/mol. The molecule has 2 amide bonds. The highest BCUT2D eigenvalue weighted by Crippen LogP contribution is 2.39. The Bertz CT molecular complexity index is 1110. The summed E-state index contributed by atoms with van der Waals surface area (Å²) >= 11 is 1.50. The second-order valence-electron chi connectivity index (χ2n) is 7.35. The molecular weight excluding hydrogens is 394 g/mol. The number of carbonyl (C=O) groups excluding carboxylic acids is 2. The van der Waals surface area contributed by atoms with Gasteiger partial charge in [0.1, 0.15) is 5.03 Å². The zero-order chi connectivity index (χ0) is 21.1. The van der Waals surface area contributed by atoms with Crippen molar-refractivity contribution in [2.75, 3.05) is 16.8 Å². The van der Waals surface area contributed by atoms with E-state index in [1.807, 2.05) is 68.4 Å². The van der Waals surface area contributed by atoms with Gasteiger partial charge in [0, 0.05) is 29.7 Å². The van der Waals surface area contributed by atoms with E-state index >= 15 is 0 Å². The van der Waals surface area contributed by atoms with Crippen LogP contribution in [0.1, 0.15) is 34.3 Å². The maximum atomic E-state index is 13.2. The Kier molecular flexibility index (Phi) is 5.86. The zero-order valence-corrected chi connectivity index (χ0v) is 17.8. The average Bonchev–Trinajstić information content (AvgIpc) is 2.85. The van der Waals surface area contributed by atoms with Crippen LogP contribution >= 0.6 is 11.8 Å². The van der Waals surface area contributed by atoms with E-state index in [4.69, 9.17) is 0 Å². The second-order valence-corrected chi connectivity index (χ2v) is 8.38. The molecule has 3 aromatic rings. The summed E-state index contributed by atoms with van der Waals surface area (Å²) in [5, 5.41) is 3.79. The lowest BCUT2D eigenvalue weighted by molar-refractivity contribution is -0.116. The fourth-order valence-corrected chi connectivity index (χ4v) is 4.48. The van der Waals surface area contributed by atoms with Gasteiger partial charge in [0.15, 0.2) is 0 Å². The summed E-state index contributed by atoms with van der Waals surface area (Å²) in [7, 11) is 0. The molecule has 0 radical (unpaired) electrons. The quantitative estimate of drug-likeness (QED) is 0.618. The van der Waals surface area contributed by atoms with Gasteiger partial charge in [-0.1, -0.05) is 36.0 Å². The van der Waals surface area contributed by atoms with E-state index < -0.39 is 0 Å². The highest BCUT2D eigenvalue weighted by molar-refractivity contribution is 7.99. The lowest BCUT2D eigenvalue weighted by Gasteiger charge is -2.22. The van der Waals surface area contributed by atoms with Gasteiger partial charge in [0.25, 0.3) is 5.91 Å². The molecule has 6 heteroatoms. The van der Waals surface area contributed by atoms with E-state index in [2.05, 4.69) is 10.3 Å². The van der Waals surface area contributed by atoms with E-state index in [1.54, 1.807) is 11.1 Å². The first-order valence-electron chi connectivity index (χ1n) is 9.94. The minimum Gasteiger partial charge on any atom is -0.326 e. The third-order valence-corrected chi connectivity index (χ3v) is 6.15. The molecule has 0 saturated heterocycles. The van der Waals surface area contributed by atoms with Crippen molar-refractivity contribution in [1.82, 2.24) is 4.98 Å². The topological polar surface area (TPSA) is 62.3 Å². The molecule has 0 saturated carbocycles. The maximum Gasteiger partial charge on any atom is 0.259 e. The average molecular weight is 418 g/mol. The van der Waals surface area contributed by atoms with Crippen LogP contribution in [-0.4, -0.2) is 23.3 Å². The van der Waals surface area contributed by atoms with Gasteiger partial charge in [-0.3, -0.25) is 9.59 Å². The zero-order valence-electron chi connectivity index (χ0n) is 17.0. The Hall–Kier alpha value is -3.12. The number of hydrogen-bond donors (Lipinski definition) is 1. The van der Waals surface area contributed by atoms with Crippen LogP contribution < -0.4 is 10.2 Å². The summed E-state index contributed by atoms with van der Waals surface area (Å²) in [4.78, 5) is 32.8. The highest BCUT2D eigenvalue weighted by atomic mass is 32.2. The number of carbonyl (C=O) groups is 2. The van der Waals surface area contributed by atoms with E-state index in [-0.39, 0.29) is 11.8 Å². The van der Waals surface area contributed by atoms with Gasteiger partial charge in [-0.2, -0.15) is 0 Å². The van der Waals surface area contributed by atoms with Crippen molar-refractivity contribution in [3.8, 4) is 0 Å². The molecule has 1 aliphatic heterocycles. The number of pyridine rings is 1. The third kappa shape index (κ3) is 4.24. The van der Waals surface area contributed by atoms with Crippen molar-refractivity contribution in [3.63, 3.8) is 0 Å². The van der Waals surface area contributed by atoms with Gasteiger partial charge < -0.3 is 10.2 Å². The van der Waals surface area contributed by atoms with Gasteiger partial charge >= 0.3 is 0 Å². The molecule has 0 aliphatic carbocycles. The molecule has 2 aromatic carbocycles. The van der Waals surface area contributed by atoms with Crippen LogP contribution in [0.3, 0.4) is 0 Å². The van der Waals surface area contributed by atoms with Crippen LogP contribution in [0.2, 0.25) is 0 Å². The number of benzene rings is 2. The van der Waals surface area contributed by atoms with Crippen LogP contribution in [-0.2, 0) is 4.79 Å². The van der Waals surface area contributed by atoms with E-state index in [9.17, 15) is 9.59 Å². The molecule has 1 N–H and O–H groups in total. The fraction of sp³-hybridized carbons (Fsp3) is 0.208. The highest BCUT2D eigenvalue weighted by Gasteiger charge is 2.27. The van der Waals surface area contributed by atoms with E-state index in [0.29, 0.717) is 24.9 Å². The molecule has 0 unspecified atom stereocenters. The van der Waals surface area contributed by atoms with Gasteiger partial charge in [-0.05, 0) is 61.7 Å². The van der Waals surface area contributed by atoms with Gasteiger partial charge in [0.05, 0.1) is 11.3 Å². The second kappa shape index (κ2) is 8.71. The van der Waals surface area contributed by atoms with Crippen molar-refractivity contribution in [2.45, 2.75) is 36.6 Å². The SMILES string of the molecule is Cc1ccc(C)c(NC(=O)CCCN2C(=O)c3ccccc3Sc3ncccc32)c1. The van der Waals surface area contributed by atoms with Crippen LogP contribution in [0, 0.1) is 13.8 Å². The molecule has 0 fully saturated rings. The minimum absolute atomic E-state index is 0.0489. The summed E-state index contributed by atoms with van der Waals surface area (Å²) in [6, 6.07) is 17.3. The number of hydrogen-bond acceptors (Lipinski definition) is 4. The number of aryl methyl sites for hydroxylation is 2. The molecule has 0 spiro atoms. The largest absolute Gasteiger partial charge is 0.326 e. The van der Waals surface area contributed by atoms with E-state index in [1.165, 1.54) is 11.8 Å². The van der Waals surface area contributed by atoms with Crippen molar-refractivity contribution < 1.29 is 9.59 Å². The normalized spacial score (nSPS) is 12.7. The smallest absolute Gasteiger partial charge is 0.259 e. The van der Waals surface area contributed by atoms with Crippen LogP contribution in [0.4, 0.5) is 11.4 Å². The molecule has 152 valence electrons. The van der Waals surface area contributed by atoms with Crippen LogP contribution in [0.15, 0.2) is 70.7 Å². The molecule has 5 nitrogen and oxygen atoms in total. The molecule has 0 bridgehead atoms. The van der Waals surface area contributed by atoms with E-state index in [0.717, 1.165) is 32.4 Å². The van der Waals surface area contributed by atoms with Crippen molar-refractivity contribution >= 4 is 35.0 Å². The third-order valence-electron chi connectivity index (χ3n) is 5.06. The molecular formula is C24H23N3O2S. The number of nitrogens with one attached hydrogen (secondary N) is 1. The minimum atomic E-state index is -0.0558. The molecule has 1 aliphatic rings. The first-order chi connectivity index (χ1) is 14.5. The lowest BCUT2D eigenvalue weighted by Crippen LogP contribution is -2.32. The summed E-state index contributed by atoms with van der Waals surface area (Å²) in [5.74, 6) is -0.105. The molecule has 2 heterocycles. The number of fused-ring (bicyclic) bond motifs is 2. The summed E-state index contributed by atoms with van der Waals surface area (Å²) < 4.78 is 0. The molecule has 0 atom stereocenters. The monoisotopic (exact) mass is 417 g/mol. The Balaban J connectivity index is 1.48.